The van der Waals surface area contributed by atoms with E-state index in [1.165, 1.54) is 51.3 Å². The van der Waals surface area contributed by atoms with Crippen molar-refractivity contribution in [2.24, 2.45) is 0 Å². The summed E-state index contributed by atoms with van der Waals surface area (Å²) in [6.45, 7) is 2.49. The summed E-state index contributed by atoms with van der Waals surface area (Å²) >= 11 is 1.56. The van der Waals surface area contributed by atoms with E-state index in [4.69, 9.17) is 14.6 Å². The Morgan fingerprint density at radius 1 is 1.03 bits per heavy atom. The molecule has 0 saturated carbocycles. The van der Waals surface area contributed by atoms with E-state index in [9.17, 15) is 18.0 Å². The van der Waals surface area contributed by atoms with Crippen LogP contribution in [0.25, 0.3) is 16.5 Å². The van der Waals surface area contributed by atoms with Crippen molar-refractivity contribution in [3.63, 3.8) is 0 Å². The highest BCUT2D eigenvalue weighted by Crippen LogP contribution is 2.38. The van der Waals surface area contributed by atoms with Crippen LogP contribution in [0.5, 0.6) is 11.5 Å². The SMILES string of the molecule is COc1cc(OC)c(-c2cccs2)cc1/C=C/C(=O)c1ccc(S(=O)(=O)NC(C)(C)C(=O)O)cc1. The number of methoxy groups -OCH3 is 2. The molecule has 0 spiro atoms. The van der Waals surface area contributed by atoms with Crippen molar-refractivity contribution >= 4 is 39.2 Å². The van der Waals surface area contributed by atoms with Crippen LogP contribution in [0.15, 0.2) is 64.9 Å². The predicted molar refractivity (Wildman–Crippen MR) is 135 cm³/mol. The first kappa shape index (κ1) is 26.1. The number of sulfonamides is 1. The summed E-state index contributed by atoms with van der Waals surface area (Å²) in [5, 5.41) is 11.1. The van der Waals surface area contributed by atoms with Crippen LogP contribution in [0.2, 0.25) is 0 Å². The molecule has 1 heterocycles. The molecular weight excluding hydrogens is 490 g/mol. The zero-order chi connectivity index (χ0) is 25.8. The highest BCUT2D eigenvalue weighted by molar-refractivity contribution is 7.89. The van der Waals surface area contributed by atoms with Crippen molar-refractivity contribution in [3.05, 3.63) is 71.1 Å². The summed E-state index contributed by atoms with van der Waals surface area (Å²) in [5.74, 6) is -0.485. The summed E-state index contributed by atoms with van der Waals surface area (Å²) in [4.78, 5) is 24.8. The molecule has 0 amide bonds. The molecule has 0 atom stereocenters. The minimum atomic E-state index is -4.09. The van der Waals surface area contributed by atoms with Crippen LogP contribution in [0.1, 0.15) is 29.8 Å². The molecule has 0 unspecified atom stereocenters. The van der Waals surface area contributed by atoms with Gasteiger partial charge >= 0.3 is 5.97 Å². The lowest BCUT2D eigenvalue weighted by atomic mass is 10.0. The lowest BCUT2D eigenvalue weighted by Gasteiger charge is -2.20. The Hall–Kier alpha value is -3.47. The predicted octanol–water partition coefficient (Wildman–Crippen LogP) is 4.47. The monoisotopic (exact) mass is 515 g/mol. The molecule has 3 aromatic rings. The number of thiophene rings is 1. The minimum Gasteiger partial charge on any atom is -0.496 e. The average molecular weight is 516 g/mol. The fourth-order valence-corrected chi connectivity index (χ4v) is 5.30. The van der Waals surface area contributed by atoms with Crippen LogP contribution in [-0.2, 0) is 14.8 Å². The van der Waals surface area contributed by atoms with E-state index in [-0.39, 0.29) is 16.2 Å². The molecule has 0 aliphatic carbocycles. The van der Waals surface area contributed by atoms with E-state index < -0.39 is 21.5 Å². The Kier molecular flexibility index (Phi) is 7.79. The zero-order valence-corrected chi connectivity index (χ0v) is 21.2. The van der Waals surface area contributed by atoms with Gasteiger partial charge in [-0.1, -0.05) is 6.07 Å². The summed E-state index contributed by atoms with van der Waals surface area (Å²) in [7, 11) is -0.989. The smallest absolute Gasteiger partial charge is 0.324 e. The largest absolute Gasteiger partial charge is 0.496 e. The standard InChI is InChI=1S/C25H25NO7S2/c1-25(2,24(28)29)26-35(30,31)18-10-7-16(8-11-18)20(27)12-9-17-14-19(23-6-5-13-34-23)22(33-4)15-21(17)32-3/h5-15,26H,1-4H3,(H,28,29)/b12-9+. The lowest BCUT2D eigenvalue weighted by Crippen LogP contribution is -2.49. The molecule has 0 aliphatic heterocycles. The van der Waals surface area contributed by atoms with E-state index >= 15 is 0 Å². The quantitative estimate of drug-likeness (QED) is 0.302. The highest BCUT2D eigenvalue weighted by Gasteiger charge is 2.33. The molecule has 8 nitrogen and oxygen atoms in total. The second-order valence-electron chi connectivity index (χ2n) is 8.03. The maximum atomic E-state index is 12.7. The Labute approximate surface area is 207 Å². The van der Waals surface area contributed by atoms with Gasteiger partial charge in [-0.2, -0.15) is 4.72 Å². The van der Waals surface area contributed by atoms with Crippen molar-refractivity contribution < 1.29 is 32.6 Å². The molecule has 2 aromatic carbocycles. The van der Waals surface area contributed by atoms with E-state index in [0.717, 1.165) is 10.4 Å². The van der Waals surface area contributed by atoms with Crippen LogP contribution in [0, 0.1) is 0 Å². The van der Waals surface area contributed by atoms with E-state index in [2.05, 4.69) is 4.72 Å². The third-order valence-corrected chi connectivity index (χ3v) is 7.70. The molecule has 0 saturated heterocycles. The van der Waals surface area contributed by atoms with Crippen molar-refractivity contribution in [1.82, 2.24) is 4.72 Å². The molecule has 2 N–H and O–H groups in total. The first-order valence-electron chi connectivity index (χ1n) is 10.4. The Morgan fingerprint density at radius 3 is 2.23 bits per heavy atom. The number of ketones is 1. The van der Waals surface area contributed by atoms with Crippen molar-refractivity contribution in [1.29, 1.82) is 0 Å². The zero-order valence-electron chi connectivity index (χ0n) is 19.6. The number of hydrogen-bond donors (Lipinski definition) is 2. The first-order chi connectivity index (χ1) is 16.5. The Bertz CT molecular complexity index is 1360. The number of allylic oxidation sites excluding steroid dienone is 1. The Morgan fingerprint density at radius 2 is 1.69 bits per heavy atom. The second kappa shape index (κ2) is 10.4. The molecule has 10 heteroatoms. The second-order valence-corrected chi connectivity index (χ2v) is 10.7. The highest BCUT2D eigenvalue weighted by atomic mass is 32.2. The maximum Gasteiger partial charge on any atom is 0.324 e. The van der Waals surface area contributed by atoms with Gasteiger partial charge in [0.05, 0.1) is 19.1 Å². The molecule has 1 aromatic heterocycles. The van der Waals surface area contributed by atoms with Crippen molar-refractivity contribution in [2.45, 2.75) is 24.3 Å². The molecule has 0 fully saturated rings. The summed E-state index contributed by atoms with van der Waals surface area (Å²) in [5.41, 5.74) is 0.116. The number of rotatable bonds is 10. The van der Waals surface area contributed by atoms with Gasteiger partial charge in [-0.3, -0.25) is 9.59 Å². The molecule has 0 aliphatic rings. The number of nitrogens with one attached hydrogen (secondary N) is 1. The van der Waals surface area contributed by atoms with Gasteiger partial charge in [-0.25, -0.2) is 8.42 Å². The summed E-state index contributed by atoms with van der Waals surface area (Å²) in [6, 6.07) is 12.8. The van der Waals surface area contributed by atoms with E-state index in [1.807, 2.05) is 23.6 Å². The molecule has 0 radical (unpaired) electrons. The summed E-state index contributed by atoms with van der Waals surface area (Å²) in [6.07, 6.45) is 3.00. The van der Waals surface area contributed by atoms with Crippen LogP contribution in [-0.4, -0.2) is 45.0 Å². The molecule has 184 valence electrons. The number of carbonyl (C=O) groups is 2. The fraction of sp³-hybridized carbons (Fsp3) is 0.200. The van der Waals surface area contributed by atoms with Gasteiger partial charge in [-0.05, 0) is 67.8 Å². The fourth-order valence-electron chi connectivity index (χ4n) is 3.18. The van der Waals surface area contributed by atoms with Gasteiger partial charge in [0.15, 0.2) is 5.78 Å². The number of aliphatic carboxylic acids is 1. The van der Waals surface area contributed by atoms with Gasteiger partial charge in [0.2, 0.25) is 10.0 Å². The minimum absolute atomic E-state index is 0.148. The topological polar surface area (TPSA) is 119 Å². The average Bonchev–Trinajstić information content (AvgIpc) is 3.36. The van der Waals surface area contributed by atoms with Crippen LogP contribution in [0.4, 0.5) is 0 Å². The van der Waals surface area contributed by atoms with E-state index in [0.29, 0.717) is 17.1 Å². The van der Waals surface area contributed by atoms with Gasteiger partial charge in [0.25, 0.3) is 0 Å². The van der Waals surface area contributed by atoms with E-state index in [1.54, 1.807) is 30.6 Å². The van der Waals surface area contributed by atoms with Gasteiger partial charge in [-0.15, -0.1) is 11.3 Å². The molecular formula is C25H25NO7S2. The summed E-state index contributed by atoms with van der Waals surface area (Å²) < 4.78 is 38.1. The number of ether oxygens (including phenoxy) is 2. The lowest BCUT2D eigenvalue weighted by molar-refractivity contribution is -0.142. The molecule has 3 rings (SSSR count). The van der Waals surface area contributed by atoms with Crippen molar-refractivity contribution in [3.8, 4) is 21.9 Å². The van der Waals surface area contributed by atoms with Gasteiger partial charge in [0.1, 0.15) is 17.0 Å². The third-order valence-electron chi connectivity index (χ3n) is 5.13. The number of carbonyl (C=O) groups excluding carboxylic acids is 1. The number of benzene rings is 2. The molecule has 35 heavy (non-hydrogen) atoms. The normalized spacial score (nSPS) is 12.0. The third kappa shape index (κ3) is 5.97. The van der Waals surface area contributed by atoms with Crippen molar-refractivity contribution in [2.75, 3.05) is 14.2 Å². The van der Waals surface area contributed by atoms with Gasteiger partial charge < -0.3 is 14.6 Å². The van der Waals surface area contributed by atoms with Gasteiger partial charge in [0, 0.05) is 27.6 Å². The number of carboxylic acid groups (broad SMARTS) is 1. The van der Waals surface area contributed by atoms with Crippen LogP contribution >= 0.6 is 11.3 Å². The van der Waals surface area contributed by atoms with Crippen LogP contribution in [0.3, 0.4) is 0 Å². The van der Waals surface area contributed by atoms with Crippen LogP contribution < -0.4 is 14.2 Å². The number of hydrogen-bond acceptors (Lipinski definition) is 7. The maximum absolute atomic E-state index is 12.7. The Balaban J connectivity index is 1.85. The first-order valence-corrected chi connectivity index (χ1v) is 12.7. The number of carboxylic acids is 1. The molecule has 0 bridgehead atoms.